The molecule has 0 bridgehead atoms. The van der Waals surface area contributed by atoms with E-state index in [0.29, 0.717) is 6.42 Å². The molecule has 6 heteroatoms. The van der Waals surface area contributed by atoms with E-state index in [1.54, 1.807) is 0 Å². The molecule has 0 unspecified atom stereocenters. The second kappa shape index (κ2) is 45.3. The van der Waals surface area contributed by atoms with E-state index in [1.807, 2.05) is 0 Å². The monoisotopic (exact) mass is 609 g/mol. The Balaban J connectivity index is -0.000000328. The van der Waals surface area contributed by atoms with Crippen molar-refractivity contribution in [3.63, 3.8) is 0 Å². The summed E-state index contributed by atoms with van der Waals surface area (Å²) in [7, 11) is 0. The summed E-state index contributed by atoms with van der Waals surface area (Å²) >= 11 is 0. The Morgan fingerprint density at radius 3 is 0.786 bits per heavy atom. The van der Waals surface area contributed by atoms with Crippen LogP contribution in [0.1, 0.15) is 219 Å². The SMILES string of the molecule is CCCCCCCCCCCCCCCCCC(=O)O.CCCCCCCCCCCCCCCCCC(=O)[O-].O.[Na+]. The fraction of sp³-hybridized carbons (Fsp3) is 0.944. The number of hydrogen-bond donors (Lipinski definition) is 1. The van der Waals surface area contributed by atoms with Gasteiger partial charge in [-0.05, 0) is 19.3 Å². The largest absolute Gasteiger partial charge is 1.00 e. The van der Waals surface area contributed by atoms with E-state index in [-0.39, 0.29) is 41.5 Å². The quantitative estimate of drug-likeness (QED) is 0.0629. The molecule has 3 N–H and O–H groups in total. The van der Waals surface area contributed by atoms with Crippen molar-refractivity contribution in [3.8, 4) is 0 Å². The minimum absolute atomic E-state index is 0. The first kappa shape index (κ1) is 48.8. The Morgan fingerprint density at radius 1 is 0.405 bits per heavy atom. The summed E-state index contributed by atoms with van der Waals surface area (Å²) in [6.45, 7) is 4.54. The molecular weight excluding hydrogens is 535 g/mol. The molecule has 248 valence electrons. The van der Waals surface area contributed by atoms with Crippen LogP contribution in [0.3, 0.4) is 0 Å². The molecular formula is C36H73NaO5. The van der Waals surface area contributed by atoms with Crippen LogP contribution in [-0.4, -0.2) is 22.5 Å². The molecule has 0 rings (SSSR count). The Morgan fingerprint density at radius 2 is 0.595 bits per heavy atom. The summed E-state index contributed by atoms with van der Waals surface area (Å²) in [4.78, 5) is 20.6. The topological polar surface area (TPSA) is 109 Å². The van der Waals surface area contributed by atoms with Gasteiger partial charge in [0.1, 0.15) is 0 Å². The van der Waals surface area contributed by atoms with Gasteiger partial charge in [-0.15, -0.1) is 0 Å². The maximum atomic E-state index is 10.3. The molecule has 0 aliphatic carbocycles. The second-order valence-electron chi connectivity index (χ2n) is 12.2. The maximum Gasteiger partial charge on any atom is 1.00 e. The second-order valence-corrected chi connectivity index (χ2v) is 12.2. The van der Waals surface area contributed by atoms with E-state index >= 15 is 0 Å². The van der Waals surface area contributed by atoms with Crippen LogP contribution in [0.4, 0.5) is 0 Å². The van der Waals surface area contributed by atoms with E-state index in [4.69, 9.17) is 5.11 Å². The molecule has 0 aliphatic heterocycles. The Kier molecular flexibility index (Phi) is 52.7. The third-order valence-electron chi connectivity index (χ3n) is 7.98. The summed E-state index contributed by atoms with van der Waals surface area (Å²) < 4.78 is 0. The molecule has 42 heavy (non-hydrogen) atoms. The molecule has 0 heterocycles. The van der Waals surface area contributed by atoms with Crippen LogP contribution in [0.2, 0.25) is 0 Å². The predicted molar refractivity (Wildman–Crippen MR) is 175 cm³/mol. The van der Waals surface area contributed by atoms with Gasteiger partial charge in [0, 0.05) is 12.4 Å². The van der Waals surface area contributed by atoms with E-state index in [2.05, 4.69) is 13.8 Å². The first-order valence-corrected chi connectivity index (χ1v) is 18.0. The molecule has 0 aliphatic rings. The van der Waals surface area contributed by atoms with Crippen LogP contribution < -0.4 is 34.7 Å². The summed E-state index contributed by atoms with van der Waals surface area (Å²) in [5.74, 6) is -1.56. The number of unbranched alkanes of at least 4 members (excludes halogenated alkanes) is 28. The summed E-state index contributed by atoms with van der Waals surface area (Å²) in [5, 5.41) is 18.7. The molecule has 0 aromatic carbocycles. The van der Waals surface area contributed by atoms with Gasteiger partial charge in [-0.2, -0.15) is 0 Å². The number of carbonyl (C=O) groups is 2. The first-order valence-electron chi connectivity index (χ1n) is 18.0. The van der Waals surface area contributed by atoms with Gasteiger partial charge in [-0.3, -0.25) is 4.79 Å². The molecule has 0 amide bonds. The molecule has 0 aromatic heterocycles. The Hall–Kier alpha value is -0.100. The van der Waals surface area contributed by atoms with E-state index in [0.717, 1.165) is 25.7 Å². The number of carboxylic acids is 2. The van der Waals surface area contributed by atoms with E-state index in [1.165, 1.54) is 167 Å². The van der Waals surface area contributed by atoms with Gasteiger partial charge in [0.05, 0.1) is 0 Å². The first-order chi connectivity index (χ1) is 19.5. The average Bonchev–Trinajstić information content (AvgIpc) is 2.93. The van der Waals surface area contributed by atoms with Gasteiger partial charge in [0.15, 0.2) is 0 Å². The molecule has 0 spiro atoms. The number of carbonyl (C=O) groups excluding carboxylic acids is 1. The Labute approximate surface area is 284 Å². The molecule has 0 saturated heterocycles. The van der Waals surface area contributed by atoms with Crippen molar-refractivity contribution in [3.05, 3.63) is 0 Å². The van der Waals surface area contributed by atoms with Gasteiger partial charge in [0.25, 0.3) is 0 Å². The normalized spacial score (nSPS) is 10.3. The summed E-state index contributed by atoms with van der Waals surface area (Å²) in [6.07, 6.45) is 40.1. The van der Waals surface area contributed by atoms with Crippen LogP contribution in [0.5, 0.6) is 0 Å². The molecule has 0 radical (unpaired) electrons. The molecule has 0 atom stereocenters. The minimum Gasteiger partial charge on any atom is -0.550 e. The zero-order chi connectivity index (χ0) is 29.8. The van der Waals surface area contributed by atoms with Crippen molar-refractivity contribution >= 4 is 11.9 Å². The fourth-order valence-electron chi connectivity index (χ4n) is 5.29. The van der Waals surface area contributed by atoms with E-state index < -0.39 is 11.9 Å². The van der Waals surface area contributed by atoms with Gasteiger partial charge < -0.3 is 20.5 Å². The zero-order valence-electron chi connectivity index (χ0n) is 28.8. The van der Waals surface area contributed by atoms with Crippen molar-refractivity contribution in [2.45, 2.75) is 219 Å². The third kappa shape index (κ3) is 52.5. The van der Waals surface area contributed by atoms with Gasteiger partial charge >= 0.3 is 35.5 Å². The molecule has 0 saturated carbocycles. The molecule has 5 nitrogen and oxygen atoms in total. The number of aliphatic carboxylic acids is 2. The smallest absolute Gasteiger partial charge is 0.550 e. The maximum absolute atomic E-state index is 10.3. The van der Waals surface area contributed by atoms with Crippen molar-refractivity contribution < 1.29 is 54.8 Å². The van der Waals surface area contributed by atoms with Crippen LogP contribution in [-0.2, 0) is 9.59 Å². The van der Waals surface area contributed by atoms with E-state index in [9.17, 15) is 14.7 Å². The zero-order valence-corrected chi connectivity index (χ0v) is 30.8. The number of hydrogen-bond acceptors (Lipinski definition) is 3. The fourth-order valence-corrected chi connectivity index (χ4v) is 5.29. The van der Waals surface area contributed by atoms with Crippen molar-refractivity contribution in [1.29, 1.82) is 0 Å². The number of rotatable bonds is 32. The van der Waals surface area contributed by atoms with Gasteiger partial charge in [-0.25, -0.2) is 0 Å². The third-order valence-corrected chi connectivity index (χ3v) is 7.98. The van der Waals surface area contributed by atoms with Crippen molar-refractivity contribution in [2.24, 2.45) is 0 Å². The minimum atomic E-state index is -0.903. The summed E-state index contributed by atoms with van der Waals surface area (Å²) in [5.41, 5.74) is 0. The van der Waals surface area contributed by atoms with Crippen molar-refractivity contribution in [1.82, 2.24) is 0 Å². The van der Waals surface area contributed by atoms with Gasteiger partial charge in [-0.1, -0.05) is 194 Å². The van der Waals surface area contributed by atoms with Crippen LogP contribution in [0.15, 0.2) is 0 Å². The van der Waals surface area contributed by atoms with Crippen LogP contribution >= 0.6 is 0 Å². The summed E-state index contributed by atoms with van der Waals surface area (Å²) in [6, 6.07) is 0. The molecule has 0 aromatic rings. The average molecular weight is 609 g/mol. The Bertz CT molecular complexity index is 457. The van der Waals surface area contributed by atoms with Crippen LogP contribution in [0, 0.1) is 0 Å². The number of carboxylic acid groups (broad SMARTS) is 2. The molecule has 0 fully saturated rings. The predicted octanol–water partition coefficient (Wildman–Crippen LogP) is 7.51. The van der Waals surface area contributed by atoms with Gasteiger partial charge in [0.2, 0.25) is 0 Å². The van der Waals surface area contributed by atoms with Crippen molar-refractivity contribution in [2.75, 3.05) is 0 Å². The van der Waals surface area contributed by atoms with Crippen LogP contribution in [0.25, 0.3) is 0 Å². The standard InChI is InChI=1S/2C18H36O2.Na.H2O/c2*1-2-3-4-5-6-7-8-9-10-11-12-13-14-15-16-17-18(19)20;;/h2*2-17H2,1H3,(H,19,20);;1H2/q;;+1;/p-1.